The molecule has 0 radical (unpaired) electrons. The maximum atomic E-state index is 12.7. The molecule has 0 atom stereocenters. The molecule has 0 bridgehead atoms. The number of hydrogen-bond donors (Lipinski definition) is 1. The number of carbonyl (C=O) groups excluding carboxylic acids is 1. The van der Waals surface area contributed by atoms with Crippen molar-refractivity contribution in [2.24, 2.45) is 0 Å². The largest absolute Gasteiger partial charge is 0.494 e. The van der Waals surface area contributed by atoms with Crippen molar-refractivity contribution in [2.75, 3.05) is 36.5 Å². The van der Waals surface area contributed by atoms with Crippen molar-refractivity contribution in [3.05, 3.63) is 53.7 Å². The average molecular weight is 438 g/mol. The molecule has 1 N–H and O–H groups in total. The summed E-state index contributed by atoms with van der Waals surface area (Å²) in [4.78, 5) is 25.4. The third kappa shape index (κ3) is 5.03. The highest BCUT2D eigenvalue weighted by molar-refractivity contribution is 7.13. The highest BCUT2D eigenvalue weighted by Crippen LogP contribution is 2.33. The van der Waals surface area contributed by atoms with E-state index in [2.05, 4.69) is 34.0 Å². The second-order valence-electron chi connectivity index (χ2n) is 7.31. The minimum absolute atomic E-state index is 0.174. The molecule has 1 aliphatic rings. The van der Waals surface area contributed by atoms with Crippen LogP contribution in [0, 0.1) is 0 Å². The van der Waals surface area contributed by atoms with Gasteiger partial charge in [0, 0.05) is 35.6 Å². The molecule has 2 aromatic heterocycles. The number of amides is 2. The maximum absolute atomic E-state index is 12.7. The summed E-state index contributed by atoms with van der Waals surface area (Å²) in [6.45, 7) is 8.64. The Bertz CT molecular complexity index is 1020. The molecule has 1 aliphatic heterocycles. The molecule has 2 amide bonds. The number of anilines is 2. The highest BCUT2D eigenvalue weighted by Gasteiger charge is 2.26. The summed E-state index contributed by atoms with van der Waals surface area (Å²) in [6.07, 6.45) is 4.46. The van der Waals surface area contributed by atoms with Crippen LogP contribution in [0.15, 0.2) is 48.1 Å². The zero-order valence-corrected chi connectivity index (χ0v) is 18.7. The van der Waals surface area contributed by atoms with Crippen molar-refractivity contribution in [1.82, 2.24) is 14.9 Å². The van der Waals surface area contributed by atoms with Crippen LogP contribution in [0.5, 0.6) is 5.75 Å². The number of benzene rings is 1. The van der Waals surface area contributed by atoms with Gasteiger partial charge in [-0.1, -0.05) is 13.8 Å². The summed E-state index contributed by atoms with van der Waals surface area (Å²) in [5, 5.41) is 5.73. The lowest BCUT2D eigenvalue weighted by Gasteiger charge is -2.28. The number of thiazole rings is 1. The van der Waals surface area contributed by atoms with Crippen LogP contribution in [-0.2, 0) is 6.54 Å². The zero-order chi connectivity index (χ0) is 21.6. The minimum atomic E-state index is -0.174. The van der Waals surface area contributed by atoms with E-state index in [1.165, 1.54) is 11.3 Å². The first-order valence-corrected chi connectivity index (χ1v) is 11.5. The number of urea groups is 1. The Morgan fingerprint density at radius 3 is 2.77 bits per heavy atom. The highest BCUT2D eigenvalue weighted by atomic mass is 32.1. The summed E-state index contributed by atoms with van der Waals surface area (Å²) in [5.41, 5.74) is 2.82. The summed E-state index contributed by atoms with van der Waals surface area (Å²) >= 11 is 1.51. The molecule has 3 heterocycles. The molecular weight excluding hydrogens is 410 g/mol. The van der Waals surface area contributed by atoms with Gasteiger partial charge in [0.2, 0.25) is 0 Å². The number of pyridine rings is 1. The number of fused-ring (bicyclic) bond motifs is 1. The normalized spacial score (nSPS) is 13.3. The molecule has 0 saturated heterocycles. The minimum Gasteiger partial charge on any atom is -0.494 e. The number of aromatic nitrogens is 2. The molecule has 31 heavy (non-hydrogen) atoms. The van der Waals surface area contributed by atoms with Gasteiger partial charge in [-0.3, -0.25) is 9.88 Å². The first-order chi connectivity index (χ1) is 15.2. The first-order valence-electron chi connectivity index (χ1n) is 10.6. The third-order valence-electron chi connectivity index (χ3n) is 5.37. The van der Waals surface area contributed by atoms with E-state index in [4.69, 9.17) is 4.74 Å². The number of ether oxygens (including phenoxy) is 1. The van der Waals surface area contributed by atoms with Crippen molar-refractivity contribution in [1.29, 1.82) is 0 Å². The lowest BCUT2D eigenvalue weighted by molar-refractivity contribution is 0.249. The van der Waals surface area contributed by atoms with Gasteiger partial charge < -0.3 is 15.0 Å². The Hall–Kier alpha value is -2.97. The number of nitrogens with zero attached hydrogens (tertiary/aromatic N) is 4. The molecule has 3 aromatic rings. The SMILES string of the molecule is CCN(CC)CCCOc1ccc2c(c1)CN(c1csc(-c3ccncc3)n1)C(=O)N2. The van der Waals surface area contributed by atoms with Gasteiger partial charge in [-0.15, -0.1) is 11.3 Å². The number of carbonyl (C=O) groups is 1. The van der Waals surface area contributed by atoms with Crippen molar-refractivity contribution >= 4 is 28.9 Å². The predicted octanol–water partition coefficient (Wildman–Crippen LogP) is 4.87. The van der Waals surface area contributed by atoms with Gasteiger partial charge in [0.1, 0.15) is 16.6 Å². The van der Waals surface area contributed by atoms with E-state index >= 15 is 0 Å². The lowest BCUT2D eigenvalue weighted by Crippen LogP contribution is -2.38. The van der Waals surface area contributed by atoms with Gasteiger partial charge in [-0.05, 0) is 55.4 Å². The summed E-state index contributed by atoms with van der Waals surface area (Å²) in [5.74, 6) is 1.47. The van der Waals surface area contributed by atoms with E-state index in [-0.39, 0.29) is 6.03 Å². The Morgan fingerprint density at radius 2 is 2.00 bits per heavy atom. The van der Waals surface area contributed by atoms with Gasteiger partial charge >= 0.3 is 6.03 Å². The first kappa shape index (κ1) is 21.3. The maximum Gasteiger partial charge on any atom is 0.327 e. The van der Waals surface area contributed by atoms with Crippen molar-refractivity contribution in [3.63, 3.8) is 0 Å². The van der Waals surface area contributed by atoms with Crippen molar-refractivity contribution in [2.45, 2.75) is 26.8 Å². The molecule has 1 aromatic carbocycles. The van der Waals surface area contributed by atoms with Gasteiger partial charge in [0.25, 0.3) is 0 Å². The monoisotopic (exact) mass is 437 g/mol. The Balaban J connectivity index is 1.42. The van der Waals surface area contributed by atoms with E-state index in [1.54, 1.807) is 17.3 Å². The fourth-order valence-corrected chi connectivity index (χ4v) is 4.37. The van der Waals surface area contributed by atoms with E-state index in [0.717, 1.165) is 53.6 Å². The molecule has 8 heteroatoms. The van der Waals surface area contributed by atoms with Crippen LogP contribution in [0.2, 0.25) is 0 Å². The van der Waals surface area contributed by atoms with Gasteiger partial charge in [0.05, 0.1) is 13.2 Å². The molecule has 0 spiro atoms. The van der Waals surface area contributed by atoms with Gasteiger partial charge in [-0.2, -0.15) is 0 Å². The standard InChI is InChI=1S/C23H27N5O2S/c1-3-27(4-2)12-5-13-30-19-6-7-20-18(14-19)15-28(23(29)25-20)21-16-31-22(26-21)17-8-10-24-11-9-17/h6-11,14,16H,3-5,12-13,15H2,1-2H3,(H,25,29). The predicted molar refractivity (Wildman–Crippen MR) is 125 cm³/mol. The summed E-state index contributed by atoms with van der Waals surface area (Å²) in [6, 6.07) is 9.49. The topological polar surface area (TPSA) is 70.6 Å². The van der Waals surface area contributed by atoms with Crippen molar-refractivity contribution in [3.8, 4) is 16.3 Å². The Labute approximate surface area is 186 Å². The van der Waals surface area contributed by atoms with Gasteiger partial charge in [0.15, 0.2) is 0 Å². The molecule has 4 rings (SSSR count). The van der Waals surface area contributed by atoms with E-state index in [0.29, 0.717) is 19.0 Å². The smallest absolute Gasteiger partial charge is 0.327 e. The van der Waals surface area contributed by atoms with Crippen LogP contribution in [0.25, 0.3) is 10.6 Å². The van der Waals surface area contributed by atoms with Crippen LogP contribution in [0.1, 0.15) is 25.8 Å². The van der Waals surface area contributed by atoms with E-state index in [1.807, 2.05) is 35.7 Å². The molecule has 0 aliphatic carbocycles. The lowest BCUT2D eigenvalue weighted by atomic mass is 10.1. The second kappa shape index (κ2) is 9.89. The molecule has 0 unspecified atom stereocenters. The fraction of sp³-hybridized carbons (Fsp3) is 0.348. The zero-order valence-electron chi connectivity index (χ0n) is 17.9. The van der Waals surface area contributed by atoms with Crippen LogP contribution in [0.3, 0.4) is 0 Å². The van der Waals surface area contributed by atoms with Crippen LogP contribution >= 0.6 is 11.3 Å². The van der Waals surface area contributed by atoms with Crippen LogP contribution < -0.4 is 15.0 Å². The average Bonchev–Trinajstić information content (AvgIpc) is 3.29. The Kier molecular flexibility index (Phi) is 6.79. The Morgan fingerprint density at radius 1 is 1.19 bits per heavy atom. The van der Waals surface area contributed by atoms with Gasteiger partial charge in [-0.25, -0.2) is 9.78 Å². The number of nitrogens with one attached hydrogen (secondary N) is 1. The number of rotatable bonds is 9. The molecule has 162 valence electrons. The van der Waals surface area contributed by atoms with Crippen molar-refractivity contribution < 1.29 is 9.53 Å². The molecule has 0 fully saturated rings. The summed E-state index contributed by atoms with van der Waals surface area (Å²) in [7, 11) is 0. The van der Waals surface area contributed by atoms with E-state index in [9.17, 15) is 4.79 Å². The second-order valence-corrected chi connectivity index (χ2v) is 8.17. The third-order valence-corrected chi connectivity index (χ3v) is 6.25. The van der Waals surface area contributed by atoms with E-state index < -0.39 is 0 Å². The fourth-order valence-electron chi connectivity index (χ4n) is 3.56. The molecule has 7 nitrogen and oxygen atoms in total. The molecule has 0 saturated carbocycles. The molecular formula is C23H27N5O2S. The van der Waals surface area contributed by atoms with Crippen LogP contribution in [-0.4, -0.2) is 47.1 Å². The quantitative estimate of drug-likeness (QED) is 0.484. The number of hydrogen-bond acceptors (Lipinski definition) is 6. The van der Waals surface area contributed by atoms with Crippen LogP contribution in [0.4, 0.5) is 16.3 Å². The summed E-state index contributed by atoms with van der Waals surface area (Å²) < 4.78 is 5.96.